The maximum atomic E-state index is 12.5. The van der Waals surface area contributed by atoms with Gasteiger partial charge in [0.05, 0.1) is 16.7 Å². The Labute approximate surface area is 130 Å². The van der Waals surface area contributed by atoms with Crippen LogP contribution in [0.1, 0.15) is 48.2 Å². The molecule has 1 heterocycles. The molecule has 0 radical (unpaired) electrons. The summed E-state index contributed by atoms with van der Waals surface area (Å²) in [6, 6.07) is 9.52. The first kappa shape index (κ1) is 15.0. The van der Waals surface area contributed by atoms with E-state index in [4.69, 9.17) is 0 Å². The zero-order chi connectivity index (χ0) is 15.6. The number of amides is 1. The maximum absolute atomic E-state index is 12.5. The first-order valence-corrected chi connectivity index (χ1v) is 7.94. The summed E-state index contributed by atoms with van der Waals surface area (Å²) in [6.45, 7) is 2.23. The van der Waals surface area contributed by atoms with Crippen molar-refractivity contribution in [3.8, 4) is 0 Å². The molecule has 22 heavy (non-hydrogen) atoms. The molecule has 1 saturated carbocycles. The molecule has 0 atom stereocenters. The van der Waals surface area contributed by atoms with Crippen LogP contribution in [0.2, 0.25) is 0 Å². The van der Waals surface area contributed by atoms with Crippen molar-refractivity contribution in [3.05, 3.63) is 41.6 Å². The van der Waals surface area contributed by atoms with Crippen LogP contribution in [0.25, 0.3) is 10.9 Å². The Morgan fingerprint density at radius 2 is 2.00 bits per heavy atom. The van der Waals surface area contributed by atoms with E-state index < -0.39 is 5.60 Å². The molecule has 4 heteroatoms. The number of hydrogen-bond donors (Lipinski definition) is 2. The molecule has 1 aromatic heterocycles. The van der Waals surface area contributed by atoms with Crippen LogP contribution in [0.3, 0.4) is 0 Å². The highest BCUT2D eigenvalue weighted by molar-refractivity contribution is 6.05. The van der Waals surface area contributed by atoms with E-state index in [0.717, 1.165) is 42.3 Å². The fraction of sp³-hybridized carbons (Fsp3) is 0.444. The van der Waals surface area contributed by atoms with Gasteiger partial charge in [0.25, 0.3) is 5.91 Å². The number of aryl methyl sites for hydroxylation is 1. The zero-order valence-electron chi connectivity index (χ0n) is 12.9. The van der Waals surface area contributed by atoms with Crippen LogP contribution in [-0.2, 0) is 0 Å². The second kappa shape index (κ2) is 6.05. The monoisotopic (exact) mass is 298 g/mol. The quantitative estimate of drug-likeness (QED) is 0.915. The van der Waals surface area contributed by atoms with Crippen LogP contribution in [0.15, 0.2) is 30.3 Å². The Kier molecular flexibility index (Phi) is 4.12. The predicted molar refractivity (Wildman–Crippen MR) is 86.8 cm³/mol. The van der Waals surface area contributed by atoms with Gasteiger partial charge in [-0.3, -0.25) is 9.78 Å². The molecule has 116 valence electrons. The number of carbonyl (C=O) groups excluding carboxylic acids is 1. The molecule has 4 nitrogen and oxygen atoms in total. The van der Waals surface area contributed by atoms with Crippen LogP contribution in [-0.4, -0.2) is 28.1 Å². The highest BCUT2D eigenvalue weighted by Gasteiger charge is 2.29. The molecule has 0 aliphatic heterocycles. The summed E-state index contributed by atoms with van der Waals surface area (Å²) in [5, 5.41) is 14.3. The average molecular weight is 298 g/mol. The summed E-state index contributed by atoms with van der Waals surface area (Å²) >= 11 is 0. The molecule has 2 N–H and O–H groups in total. The smallest absolute Gasteiger partial charge is 0.253 e. The number of nitrogens with zero attached hydrogens (tertiary/aromatic N) is 1. The minimum absolute atomic E-state index is 0.164. The van der Waals surface area contributed by atoms with Gasteiger partial charge in [-0.05, 0) is 31.9 Å². The molecule has 1 aliphatic rings. The fourth-order valence-corrected chi connectivity index (χ4v) is 3.15. The summed E-state index contributed by atoms with van der Waals surface area (Å²) in [5.74, 6) is -0.164. The number of aromatic nitrogens is 1. The van der Waals surface area contributed by atoms with E-state index in [1.807, 2.05) is 31.2 Å². The van der Waals surface area contributed by atoms with Crippen LogP contribution in [0, 0.1) is 6.92 Å². The normalized spacial score (nSPS) is 17.4. The third-order valence-electron chi connectivity index (χ3n) is 4.47. The van der Waals surface area contributed by atoms with Crippen LogP contribution < -0.4 is 5.32 Å². The van der Waals surface area contributed by atoms with Crippen molar-refractivity contribution in [2.75, 3.05) is 6.54 Å². The van der Waals surface area contributed by atoms with Crippen molar-refractivity contribution < 1.29 is 9.90 Å². The minimum Gasteiger partial charge on any atom is -0.388 e. The molecule has 2 aromatic rings. The lowest BCUT2D eigenvalue weighted by atomic mass is 9.85. The summed E-state index contributed by atoms with van der Waals surface area (Å²) in [7, 11) is 0. The number of hydrogen-bond acceptors (Lipinski definition) is 3. The topological polar surface area (TPSA) is 62.2 Å². The molecule has 3 rings (SSSR count). The van der Waals surface area contributed by atoms with Crippen molar-refractivity contribution >= 4 is 16.8 Å². The molecule has 1 aromatic carbocycles. The Bertz CT molecular complexity index is 691. The summed E-state index contributed by atoms with van der Waals surface area (Å²) in [6.07, 6.45) is 4.76. The molecular weight excluding hydrogens is 276 g/mol. The van der Waals surface area contributed by atoms with Gasteiger partial charge in [0.15, 0.2) is 0 Å². The Hall–Kier alpha value is -1.94. The van der Waals surface area contributed by atoms with Crippen molar-refractivity contribution in [2.45, 2.75) is 44.6 Å². The first-order chi connectivity index (χ1) is 10.6. The van der Waals surface area contributed by atoms with Gasteiger partial charge in [0, 0.05) is 17.6 Å². The standard InChI is InChI=1S/C18H22N2O2/c1-13-8-9-14-6-5-7-15(16(14)20-13)17(21)19-12-18(22)10-3-2-4-11-18/h5-9,22H,2-4,10-12H2,1H3,(H,19,21). The summed E-state index contributed by atoms with van der Waals surface area (Å²) < 4.78 is 0. The van der Waals surface area contributed by atoms with E-state index in [0.29, 0.717) is 12.1 Å². The molecule has 0 bridgehead atoms. The highest BCUT2D eigenvalue weighted by Crippen LogP contribution is 2.27. The molecule has 0 spiro atoms. The van der Waals surface area contributed by atoms with Gasteiger partial charge in [-0.25, -0.2) is 0 Å². The van der Waals surface area contributed by atoms with Crippen molar-refractivity contribution in [2.24, 2.45) is 0 Å². The van der Waals surface area contributed by atoms with Gasteiger partial charge in [-0.2, -0.15) is 0 Å². The summed E-state index contributed by atoms with van der Waals surface area (Å²) in [4.78, 5) is 17.0. The van der Waals surface area contributed by atoms with Gasteiger partial charge in [0.2, 0.25) is 0 Å². The van der Waals surface area contributed by atoms with E-state index in [-0.39, 0.29) is 5.91 Å². The van der Waals surface area contributed by atoms with E-state index in [2.05, 4.69) is 10.3 Å². The van der Waals surface area contributed by atoms with Crippen molar-refractivity contribution in [1.82, 2.24) is 10.3 Å². The van der Waals surface area contributed by atoms with Gasteiger partial charge in [-0.15, -0.1) is 0 Å². The number of fused-ring (bicyclic) bond motifs is 1. The Morgan fingerprint density at radius 3 is 2.77 bits per heavy atom. The fourth-order valence-electron chi connectivity index (χ4n) is 3.15. The van der Waals surface area contributed by atoms with Gasteiger partial charge < -0.3 is 10.4 Å². The number of aliphatic hydroxyl groups is 1. The van der Waals surface area contributed by atoms with Gasteiger partial charge in [-0.1, -0.05) is 37.5 Å². The van der Waals surface area contributed by atoms with Gasteiger partial charge in [0.1, 0.15) is 0 Å². The number of pyridine rings is 1. The van der Waals surface area contributed by atoms with Crippen molar-refractivity contribution in [3.63, 3.8) is 0 Å². The minimum atomic E-state index is -0.748. The van der Waals surface area contributed by atoms with Crippen molar-refractivity contribution in [1.29, 1.82) is 0 Å². The SMILES string of the molecule is Cc1ccc2cccc(C(=O)NCC3(O)CCCCC3)c2n1. The molecule has 0 saturated heterocycles. The largest absolute Gasteiger partial charge is 0.388 e. The van der Waals surface area contributed by atoms with Crippen LogP contribution >= 0.6 is 0 Å². The maximum Gasteiger partial charge on any atom is 0.253 e. The van der Waals surface area contributed by atoms with E-state index in [9.17, 15) is 9.90 Å². The summed E-state index contributed by atoms with van der Waals surface area (Å²) in [5.41, 5.74) is 1.43. The third-order valence-corrected chi connectivity index (χ3v) is 4.47. The number of para-hydroxylation sites is 1. The molecular formula is C18H22N2O2. The van der Waals surface area contributed by atoms with E-state index in [1.54, 1.807) is 6.07 Å². The Morgan fingerprint density at radius 1 is 1.23 bits per heavy atom. The van der Waals surface area contributed by atoms with E-state index in [1.165, 1.54) is 6.42 Å². The molecule has 0 unspecified atom stereocenters. The average Bonchev–Trinajstić information content (AvgIpc) is 2.53. The molecule has 1 fully saturated rings. The van der Waals surface area contributed by atoms with Gasteiger partial charge >= 0.3 is 0 Å². The molecule has 1 aliphatic carbocycles. The lowest BCUT2D eigenvalue weighted by Crippen LogP contribution is -2.44. The number of carbonyl (C=O) groups is 1. The predicted octanol–water partition coefficient (Wildman–Crippen LogP) is 2.97. The zero-order valence-corrected chi connectivity index (χ0v) is 12.9. The number of rotatable bonds is 3. The lowest BCUT2D eigenvalue weighted by molar-refractivity contribution is 0.00527. The van der Waals surface area contributed by atoms with Crippen LogP contribution in [0.4, 0.5) is 0 Å². The number of benzene rings is 1. The third kappa shape index (κ3) is 3.12. The van der Waals surface area contributed by atoms with E-state index >= 15 is 0 Å². The highest BCUT2D eigenvalue weighted by atomic mass is 16.3. The molecule has 1 amide bonds. The van der Waals surface area contributed by atoms with Crippen LogP contribution in [0.5, 0.6) is 0 Å². The second-order valence-corrected chi connectivity index (χ2v) is 6.30. The second-order valence-electron chi connectivity index (χ2n) is 6.30. The number of nitrogens with one attached hydrogen (secondary N) is 1. The lowest BCUT2D eigenvalue weighted by Gasteiger charge is -2.32. The first-order valence-electron chi connectivity index (χ1n) is 7.94. The Balaban J connectivity index is 1.79.